The van der Waals surface area contributed by atoms with Crippen molar-refractivity contribution in [1.29, 1.82) is 0 Å². The number of carboxylic acids is 1. The number of fused-ring (bicyclic) bond motifs is 2. The molecule has 0 bridgehead atoms. The van der Waals surface area contributed by atoms with Crippen LogP contribution in [0.25, 0.3) is 6.08 Å². The molecular weight excluding hydrogens is 443 g/mol. The van der Waals surface area contributed by atoms with Crippen LogP contribution in [0.1, 0.15) is 20.9 Å². The number of methoxy groups -OCH3 is 1. The first-order valence-electron chi connectivity index (χ1n) is 9.62. The monoisotopic (exact) mass is 462 g/mol. The summed E-state index contributed by atoms with van der Waals surface area (Å²) < 4.78 is 5.22. The number of hydrogen-bond acceptors (Lipinski definition) is 7. The minimum absolute atomic E-state index is 0. The average molecular weight is 463 g/mol. The van der Waals surface area contributed by atoms with Crippen LogP contribution in [0, 0.1) is 0 Å². The van der Waals surface area contributed by atoms with Gasteiger partial charge in [0.05, 0.1) is 24.3 Å². The smallest absolute Gasteiger partial charge is 0.543 e. The summed E-state index contributed by atoms with van der Waals surface area (Å²) in [5.74, 6) is -0.685. The van der Waals surface area contributed by atoms with Crippen LogP contribution < -0.4 is 39.4 Å². The second-order valence-corrected chi connectivity index (χ2v) is 9.58. The largest absolute Gasteiger partial charge is 1.00 e. The summed E-state index contributed by atoms with van der Waals surface area (Å²) in [4.78, 5) is 29.7. The molecule has 1 fully saturated rings. The van der Waals surface area contributed by atoms with E-state index in [2.05, 4.69) is 23.1 Å². The molecule has 31 heavy (non-hydrogen) atoms. The van der Waals surface area contributed by atoms with Gasteiger partial charge in [-0.1, -0.05) is 12.1 Å². The number of β-lactam (4-membered cyclic amide) rings is 1. The van der Waals surface area contributed by atoms with Crippen LogP contribution in [0.5, 0.6) is 5.75 Å². The van der Waals surface area contributed by atoms with Gasteiger partial charge in [-0.15, -0.1) is 23.1 Å². The van der Waals surface area contributed by atoms with Crippen LogP contribution in [0.4, 0.5) is 0 Å². The van der Waals surface area contributed by atoms with Crippen molar-refractivity contribution in [3.63, 3.8) is 0 Å². The zero-order chi connectivity index (χ0) is 20.8. The molecule has 1 atom stereocenters. The SMILES string of the molecule is COc1ccc(CN2CCc3sc(/C=C4/C(=O)N5C(C(=O)[O-])=CSC45)cc3C2)cc1.[Na+]. The molecular formula is C22H19N2NaO4S2. The first-order valence-corrected chi connectivity index (χ1v) is 11.4. The number of carboxylic acid groups (broad SMARTS) is 1. The van der Waals surface area contributed by atoms with Crippen molar-refractivity contribution in [1.82, 2.24) is 9.80 Å². The summed E-state index contributed by atoms with van der Waals surface area (Å²) in [5.41, 5.74) is 3.18. The van der Waals surface area contributed by atoms with E-state index in [0.717, 1.165) is 36.7 Å². The van der Waals surface area contributed by atoms with E-state index in [0.29, 0.717) is 5.57 Å². The second kappa shape index (κ2) is 9.13. The molecule has 1 saturated heterocycles. The number of thiophene rings is 1. The van der Waals surface area contributed by atoms with Crippen molar-refractivity contribution in [2.75, 3.05) is 13.7 Å². The van der Waals surface area contributed by atoms with Gasteiger partial charge in [-0.25, -0.2) is 0 Å². The van der Waals surface area contributed by atoms with Gasteiger partial charge in [0.15, 0.2) is 0 Å². The van der Waals surface area contributed by atoms with Crippen LogP contribution in [-0.4, -0.2) is 40.7 Å². The molecule has 0 N–H and O–H groups in total. The van der Waals surface area contributed by atoms with E-state index in [1.807, 2.05) is 18.2 Å². The maximum atomic E-state index is 12.4. The number of carbonyl (C=O) groups excluding carboxylic acids is 2. The van der Waals surface area contributed by atoms with Crippen molar-refractivity contribution in [2.24, 2.45) is 0 Å². The van der Waals surface area contributed by atoms with E-state index in [9.17, 15) is 14.7 Å². The third-order valence-electron chi connectivity index (χ3n) is 5.57. The minimum atomic E-state index is -1.30. The van der Waals surface area contributed by atoms with E-state index in [4.69, 9.17) is 4.74 Å². The number of aliphatic carboxylic acids is 1. The normalized spacial score (nSPS) is 21.1. The Labute approximate surface area is 210 Å². The van der Waals surface area contributed by atoms with Gasteiger partial charge in [-0.2, -0.15) is 0 Å². The molecule has 3 aliphatic heterocycles. The molecule has 0 aliphatic carbocycles. The quantitative estimate of drug-likeness (QED) is 0.330. The van der Waals surface area contributed by atoms with Gasteiger partial charge < -0.3 is 14.6 Å². The van der Waals surface area contributed by atoms with Crippen LogP contribution >= 0.6 is 23.1 Å². The molecule has 0 spiro atoms. The number of amides is 1. The molecule has 4 heterocycles. The van der Waals surface area contributed by atoms with E-state index >= 15 is 0 Å². The molecule has 9 heteroatoms. The second-order valence-electron chi connectivity index (χ2n) is 7.46. The van der Waals surface area contributed by atoms with Gasteiger partial charge in [0.1, 0.15) is 11.1 Å². The molecule has 6 nitrogen and oxygen atoms in total. The van der Waals surface area contributed by atoms with Gasteiger partial charge >= 0.3 is 29.6 Å². The predicted octanol–water partition coefficient (Wildman–Crippen LogP) is -0.791. The first kappa shape index (κ1) is 22.6. The van der Waals surface area contributed by atoms with Crippen molar-refractivity contribution in [2.45, 2.75) is 24.9 Å². The molecule has 1 amide bonds. The van der Waals surface area contributed by atoms with E-state index in [-0.39, 0.29) is 46.5 Å². The molecule has 5 rings (SSSR count). The Balaban J connectivity index is 0.00000231. The summed E-state index contributed by atoms with van der Waals surface area (Å²) in [5, 5.41) is 12.4. The van der Waals surface area contributed by atoms with Gasteiger partial charge in [-0.3, -0.25) is 14.6 Å². The predicted molar refractivity (Wildman–Crippen MR) is 114 cm³/mol. The van der Waals surface area contributed by atoms with Crippen LogP contribution in [0.3, 0.4) is 0 Å². The summed E-state index contributed by atoms with van der Waals surface area (Å²) in [6.07, 6.45) is 2.91. The zero-order valence-electron chi connectivity index (χ0n) is 17.3. The molecule has 3 aliphatic rings. The maximum absolute atomic E-state index is 12.4. The Morgan fingerprint density at radius 3 is 2.81 bits per heavy atom. The third kappa shape index (κ3) is 4.25. The molecule has 1 unspecified atom stereocenters. The number of nitrogens with zero attached hydrogens (tertiary/aromatic N) is 2. The van der Waals surface area contributed by atoms with Gasteiger partial charge in [-0.05, 0) is 47.2 Å². The van der Waals surface area contributed by atoms with Gasteiger partial charge in [0, 0.05) is 29.4 Å². The Morgan fingerprint density at radius 1 is 1.32 bits per heavy atom. The molecule has 154 valence electrons. The number of thioether (sulfide) groups is 1. The van der Waals surface area contributed by atoms with Crippen molar-refractivity contribution in [3.8, 4) is 5.75 Å². The number of carbonyl (C=O) groups is 2. The van der Waals surface area contributed by atoms with Crippen LogP contribution in [-0.2, 0) is 29.1 Å². The third-order valence-corrected chi connectivity index (χ3v) is 7.84. The van der Waals surface area contributed by atoms with Crippen molar-refractivity contribution >= 4 is 41.1 Å². The summed E-state index contributed by atoms with van der Waals surface area (Å²) >= 11 is 3.06. The Hall–Kier alpha value is -1.55. The average Bonchev–Trinajstić information content (AvgIpc) is 3.34. The fourth-order valence-corrected chi connectivity index (χ4v) is 6.26. The fourth-order valence-electron chi connectivity index (χ4n) is 4.02. The van der Waals surface area contributed by atoms with E-state index in [1.165, 1.54) is 38.1 Å². The minimum Gasteiger partial charge on any atom is -0.543 e. The fraction of sp³-hybridized carbons (Fsp3) is 0.273. The molecule has 1 aromatic carbocycles. The Kier molecular flexibility index (Phi) is 6.67. The Morgan fingerprint density at radius 2 is 2.10 bits per heavy atom. The first-order chi connectivity index (χ1) is 14.5. The van der Waals surface area contributed by atoms with Gasteiger partial charge in [0.2, 0.25) is 0 Å². The van der Waals surface area contributed by atoms with Crippen molar-refractivity contribution < 1.29 is 49.0 Å². The number of rotatable bonds is 5. The standard InChI is InChI=1S/C22H20N2O4S2.Na/c1-28-15-4-2-13(3-5-15)10-23-7-6-19-14(11-23)8-16(30-19)9-17-20(25)24-18(22(26)27)12-29-21(17)24;/h2-5,8-9,12,21H,6-7,10-11H2,1H3,(H,26,27);/q;+1/p-1/b17-9-;. The molecule has 0 radical (unpaired) electrons. The number of ether oxygens (including phenoxy) is 1. The number of benzene rings is 1. The van der Waals surface area contributed by atoms with Crippen molar-refractivity contribution in [3.05, 3.63) is 67.9 Å². The topological polar surface area (TPSA) is 72.9 Å². The molecule has 0 saturated carbocycles. The van der Waals surface area contributed by atoms with E-state index in [1.54, 1.807) is 18.4 Å². The van der Waals surface area contributed by atoms with Crippen LogP contribution in [0.15, 0.2) is 47.0 Å². The number of hydrogen-bond donors (Lipinski definition) is 0. The molecule has 2 aromatic rings. The summed E-state index contributed by atoms with van der Waals surface area (Å²) in [6, 6.07) is 10.3. The zero-order valence-corrected chi connectivity index (χ0v) is 20.9. The summed E-state index contributed by atoms with van der Waals surface area (Å²) in [6.45, 7) is 2.77. The van der Waals surface area contributed by atoms with E-state index < -0.39 is 5.97 Å². The maximum Gasteiger partial charge on any atom is 1.00 e. The summed E-state index contributed by atoms with van der Waals surface area (Å²) in [7, 11) is 1.67. The van der Waals surface area contributed by atoms with Crippen LogP contribution in [0.2, 0.25) is 0 Å². The molecule has 1 aromatic heterocycles. The van der Waals surface area contributed by atoms with Gasteiger partial charge in [0.25, 0.3) is 5.91 Å². The Bertz CT molecular complexity index is 1090.